The van der Waals surface area contributed by atoms with Gasteiger partial charge in [-0.2, -0.15) is 5.10 Å². The lowest BCUT2D eigenvalue weighted by Gasteiger charge is -2.29. The molecule has 142 valence electrons. The molecule has 8 nitrogen and oxygen atoms in total. The van der Waals surface area contributed by atoms with Crippen molar-refractivity contribution in [1.82, 2.24) is 25.7 Å². The first-order valence-electron chi connectivity index (χ1n) is 8.21. The summed E-state index contributed by atoms with van der Waals surface area (Å²) in [5, 5.41) is 21.3. The predicted octanol–water partition coefficient (Wildman–Crippen LogP) is 2.55. The number of hydrogen-bond donors (Lipinski definition) is 4. The van der Waals surface area contributed by atoms with Gasteiger partial charge in [0.1, 0.15) is 0 Å². The second-order valence-corrected chi connectivity index (χ2v) is 6.29. The third-order valence-electron chi connectivity index (χ3n) is 4.72. The number of fused-ring (bicyclic) bond motifs is 1. The van der Waals surface area contributed by atoms with E-state index in [1.54, 1.807) is 6.20 Å². The molecule has 26 heavy (non-hydrogen) atoms. The highest BCUT2D eigenvalue weighted by atomic mass is 35.5. The molecule has 1 fully saturated rings. The first-order valence-corrected chi connectivity index (χ1v) is 8.21. The van der Waals surface area contributed by atoms with Crippen molar-refractivity contribution in [3.63, 3.8) is 0 Å². The van der Waals surface area contributed by atoms with Gasteiger partial charge in [0, 0.05) is 22.7 Å². The van der Waals surface area contributed by atoms with E-state index in [0.717, 1.165) is 48.1 Å². The third kappa shape index (κ3) is 4.03. The lowest BCUT2D eigenvalue weighted by Crippen LogP contribution is -2.36. The molecule has 10 heteroatoms. The minimum Gasteiger partial charge on any atom is -0.388 e. The van der Waals surface area contributed by atoms with Crippen molar-refractivity contribution in [2.75, 3.05) is 18.4 Å². The topological polar surface area (TPSA) is 112 Å². The highest BCUT2D eigenvalue weighted by molar-refractivity contribution is 5.94. The maximum atomic E-state index is 11.2. The molecule has 0 bridgehead atoms. The molecule has 0 aliphatic carbocycles. The summed E-state index contributed by atoms with van der Waals surface area (Å²) in [6.45, 7) is 4.34. The van der Waals surface area contributed by atoms with Crippen LogP contribution in [0.4, 0.5) is 5.69 Å². The van der Waals surface area contributed by atoms with Gasteiger partial charge in [-0.1, -0.05) is 0 Å². The third-order valence-corrected chi connectivity index (χ3v) is 4.72. The molecule has 0 radical (unpaired) electrons. The quantitative estimate of drug-likeness (QED) is 0.535. The van der Waals surface area contributed by atoms with Crippen molar-refractivity contribution in [3.8, 4) is 11.5 Å². The van der Waals surface area contributed by atoms with Crippen LogP contribution < -0.4 is 16.4 Å². The van der Waals surface area contributed by atoms with Crippen molar-refractivity contribution < 1.29 is 4.42 Å². The van der Waals surface area contributed by atoms with E-state index in [2.05, 4.69) is 38.0 Å². The zero-order valence-electron chi connectivity index (χ0n) is 14.2. The molecule has 1 aliphatic rings. The highest BCUT2D eigenvalue weighted by Crippen LogP contribution is 2.30. The molecule has 1 atom stereocenters. The van der Waals surface area contributed by atoms with Crippen molar-refractivity contribution in [1.29, 1.82) is 0 Å². The van der Waals surface area contributed by atoms with Crippen LogP contribution in [0.25, 0.3) is 22.4 Å². The largest absolute Gasteiger partial charge is 0.434 e. The number of benzene rings is 1. The van der Waals surface area contributed by atoms with Crippen molar-refractivity contribution >= 4 is 41.4 Å². The molecule has 1 aromatic carbocycles. The lowest BCUT2D eigenvalue weighted by atomic mass is 9.91. The summed E-state index contributed by atoms with van der Waals surface area (Å²) < 4.78 is 5.08. The average molecular weight is 401 g/mol. The van der Waals surface area contributed by atoms with E-state index in [0.29, 0.717) is 12.0 Å². The van der Waals surface area contributed by atoms with Crippen LogP contribution in [-0.2, 0) is 0 Å². The van der Waals surface area contributed by atoms with Crippen LogP contribution in [0.5, 0.6) is 0 Å². The Bertz CT molecular complexity index is 899. The minimum atomic E-state index is -0.563. The zero-order chi connectivity index (χ0) is 16.5. The number of aromatic amines is 2. The molecular weight excluding hydrogens is 379 g/mol. The molecule has 3 aromatic rings. The van der Waals surface area contributed by atoms with E-state index >= 15 is 0 Å². The fourth-order valence-corrected chi connectivity index (χ4v) is 3.35. The molecule has 1 saturated heterocycles. The molecule has 0 unspecified atom stereocenters. The first-order chi connectivity index (χ1) is 11.7. The number of nitrogens with one attached hydrogen (secondary N) is 4. The Morgan fingerprint density at radius 3 is 2.69 bits per heavy atom. The van der Waals surface area contributed by atoms with E-state index in [4.69, 9.17) is 4.42 Å². The van der Waals surface area contributed by atoms with Crippen molar-refractivity contribution in [2.45, 2.75) is 25.8 Å². The van der Waals surface area contributed by atoms with Crippen LogP contribution in [0.2, 0.25) is 0 Å². The maximum Gasteiger partial charge on any atom is 0.434 e. The number of anilines is 1. The van der Waals surface area contributed by atoms with Crippen LogP contribution in [0.1, 0.15) is 19.8 Å². The van der Waals surface area contributed by atoms with Crippen molar-refractivity contribution in [3.05, 3.63) is 28.9 Å². The smallest absolute Gasteiger partial charge is 0.388 e. The molecule has 4 N–H and O–H groups in total. The van der Waals surface area contributed by atoms with Gasteiger partial charge >= 0.3 is 5.76 Å². The summed E-state index contributed by atoms with van der Waals surface area (Å²) in [7, 11) is 0. The number of aromatic nitrogens is 4. The average Bonchev–Trinajstić information content (AvgIpc) is 3.24. The van der Waals surface area contributed by atoms with E-state index < -0.39 is 5.76 Å². The van der Waals surface area contributed by atoms with Gasteiger partial charge < -0.3 is 15.1 Å². The highest BCUT2D eigenvalue weighted by Gasteiger charge is 2.21. The Hall–Kier alpha value is -2.03. The van der Waals surface area contributed by atoms with Crippen LogP contribution in [0.15, 0.2) is 27.5 Å². The van der Waals surface area contributed by atoms with Crippen molar-refractivity contribution in [2.24, 2.45) is 5.92 Å². The molecule has 0 amide bonds. The maximum absolute atomic E-state index is 11.2. The standard InChI is InChI=1S/C16H20N6O2.2ClH/c1-9(10-2-4-17-5-3-10)19-13-6-11(15-21-22-16(23)24-15)7-14-12(13)8-18-20-14;;/h6-10,17,19H,2-5H2,1H3,(H,18,20)(H,22,23);2*1H/t9-;;/m0../s1. The van der Waals surface area contributed by atoms with E-state index in [9.17, 15) is 4.79 Å². The number of piperidine rings is 1. The number of H-pyrrole nitrogens is 2. The number of rotatable bonds is 4. The van der Waals surface area contributed by atoms with Crippen LogP contribution in [0, 0.1) is 5.92 Å². The Labute approximate surface area is 162 Å². The summed E-state index contributed by atoms with van der Waals surface area (Å²) in [4.78, 5) is 11.2. The van der Waals surface area contributed by atoms with Gasteiger partial charge in [-0.15, -0.1) is 29.9 Å². The Morgan fingerprint density at radius 2 is 2.00 bits per heavy atom. The molecule has 1 aliphatic heterocycles. The molecule has 2 aromatic heterocycles. The normalized spacial score (nSPS) is 15.9. The molecule has 4 rings (SSSR count). The number of nitrogens with zero attached hydrogens (tertiary/aromatic N) is 2. The SMILES string of the molecule is C[C@H](Nc1cc(-c2n[nH]c(=O)o2)cc2[nH]ncc12)C1CCNCC1.Cl.Cl. The Morgan fingerprint density at radius 1 is 1.23 bits per heavy atom. The lowest BCUT2D eigenvalue weighted by molar-refractivity contribution is 0.343. The summed E-state index contributed by atoms with van der Waals surface area (Å²) >= 11 is 0. The van der Waals surface area contributed by atoms with Gasteiger partial charge in [0.15, 0.2) is 0 Å². The molecule has 0 spiro atoms. The summed E-state index contributed by atoms with van der Waals surface area (Å²) in [5.41, 5.74) is 2.57. The summed E-state index contributed by atoms with van der Waals surface area (Å²) in [6, 6.07) is 4.17. The minimum absolute atomic E-state index is 0. The Kier molecular flexibility index (Phi) is 6.69. The summed E-state index contributed by atoms with van der Waals surface area (Å²) in [6.07, 6.45) is 4.13. The van der Waals surface area contributed by atoms with E-state index in [-0.39, 0.29) is 30.7 Å². The van der Waals surface area contributed by atoms with Gasteiger partial charge in [-0.05, 0) is 50.9 Å². The molecule has 3 heterocycles. The van der Waals surface area contributed by atoms with E-state index in [1.807, 2.05) is 12.1 Å². The Balaban J connectivity index is 0.00000121. The molecule has 0 saturated carbocycles. The second kappa shape index (κ2) is 8.57. The summed E-state index contributed by atoms with van der Waals surface area (Å²) in [5.74, 6) is 0.335. The first kappa shape index (κ1) is 20.3. The predicted molar refractivity (Wildman–Crippen MR) is 105 cm³/mol. The van der Waals surface area contributed by atoms with Gasteiger partial charge in [-0.25, -0.2) is 9.89 Å². The number of halogens is 2. The van der Waals surface area contributed by atoms with Gasteiger partial charge in [0.2, 0.25) is 5.89 Å². The van der Waals surface area contributed by atoms with Gasteiger partial charge in [0.25, 0.3) is 0 Å². The molecular formula is C16H22Cl2N6O2. The van der Waals surface area contributed by atoms with Crippen LogP contribution in [0.3, 0.4) is 0 Å². The van der Waals surface area contributed by atoms with Crippen LogP contribution in [-0.4, -0.2) is 39.5 Å². The van der Waals surface area contributed by atoms with Gasteiger partial charge in [0.05, 0.1) is 11.7 Å². The second-order valence-electron chi connectivity index (χ2n) is 6.29. The zero-order valence-corrected chi connectivity index (χ0v) is 15.9. The fourth-order valence-electron chi connectivity index (χ4n) is 3.35. The van der Waals surface area contributed by atoms with Crippen LogP contribution >= 0.6 is 24.8 Å². The number of hydrogen-bond acceptors (Lipinski definition) is 6. The van der Waals surface area contributed by atoms with E-state index in [1.165, 1.54) is 0 Å². The van der Waals surface area contributed by atoms with Gasteiger partial charge in [-0.3, -0.25) is 5.10 Å². The monoisotopic (exact) mass is 400 g/mol. The fraction of sp³-hybridized carbons (Fsp3) is 0.438.